The number of nitrogens with zero attached hydrogens (tertiary/aromatic N) is 1. The lowest BCUT2D eigenvalue weighted by atomic mass is 10.1. The molecule has 4 heteroatoms. The van der Waals surface area contributed by atoms with Crippen LogP contribution >= 0.6 is 0 Å². The van der Waals surface area contributed by atoms with Crippen LogP contribution in [0.1, 0.15) is 32.3 Å². The van der Waals surface area contributed by atoms with Gasteiger partial charge in [0.25, 0.3) is 0 Å². The average molecular weight is 300 g/mol. The van der Waals surface area contributed by atoms with E-state index in [1.807, 2.05) is 56.3 Å². The minimum atomic E-state index is -0.907. The Morgan fingerprint density at radius 2 is 1.91 bits per heavy atom. The third-order valence-electron chi connectivity index (χ3n) is 3.14. The van der Waals surface area contributed by atoms with E-state index < -0.39 is 12.0 Å². The Balaban J connectivity index is 0.00000116. The molecule has 4 nitrogen and oxygen atoms in total. The number of carboxylic acids is 1. The second-order valence-corrected chi connectivity index (χ2v) is 4.67. The Labute approximate surface area is 131 Å². The molecule has 3 N–H and O–H groups in total. The van der Waals surface area contributed by atoms with Crippen LogP contribution in [-0.4, -0.2) is 29.9 Å². The summed E-state index contributed by atoms with van der Waals surface area (Å²) in [6.07, 6.45) is 2.75. The molecule has 0 saturated carbocycles. The lowest BCUT2D eigenvalue weighted by Crippen LogP contribution is -2.19. The molecule has 2 rings (SSSR count). The van der Waals surface area contributed by atoms with Crippen molar-refractivity contribution < 1.29 is 9.90 Å². The molecule has 118 valence electrons. The van der Waals surface area contributed by atoms with Crippen molar-refractivity contribution in [2.45, 2.75) is 32.7 Å². The van der Waals surface area contributed by atoms with Gasteiger partial charge in [-0.25, -0.2) is 4.79 Å². The van der Waals surface area contributed by atoms with Crippen molar-refractivity contribution in [3.05, 3.63) is 48.0 Å². The third kappa shape index (κ3) is 5.30. The van der Waals surface area contributed by atoms with Gasteiger partial charge < -0.3 is 10.8 Å². The molecule has 0 aliphatic rings. The van der Waals surface area contributed by atoms with Gasteiger partial charge in [-0.15, -0.1) is 0 Å². The van der Waals surface area contributed by atoms with Crippen LogP contribution in [0.2, 0.25) is 0 Å². The number of aliphatic carboxylic acids is 1. The van der Waals surface area contributed by atoms with Crippen LogP contribution in [0.3, 0.4) is 0 Å². The minimum Gasteiger partial charge on any atom is -0.480 e. The Hall–Kier alpha value is -2.20. The molecule has 0 aliphatic carbocycles. The number of nitrogens with two attached hydrogens (primary N) is 1. The zero-order valence-electron chi connectivity index (χ0n) is 13.2. The molecule has 0 saturated heterocycles. The standard InChI is InChI=1S/C16H18N2O2.C2H6/c17-9-3-6-15(16(19)20)18-11-12-7-8-13-4-1-2-5-14(13)10-12;1-2/h1-2,4-5,7-8,10-11,15H,3,6,9,17H2,(H,19,20);1-2H3. The first kappa shape index (κ1) is 17.9. The second kappa shape index (κ2) is 9.68. The van der Waals surface area contributed by atoms with E-state index in [4.69, 9.17) is 10.8 Å². The Morgan fingerprint density at radius 3 is 2.55 bits per heavy atom. The Bertz CT molecular complexity index is 623. The summed E-state index contributed by atoms with van der Waals surface area (Å²) in [5.41, 5.74) is 6.31. The summed E-state index contributed by atoms with van der Waals surface area (Å²) < 4.78 is 0. The zero-order valence-corrected chi connectivity index (χ0v) is 13.2. The van der Waals surface area contributed by atoms with Crippen LogP contribution in [0.4, 0.5) is 0 Å². The number of carbonyl (C=O) groups is 1. The summed E-state index contributed by atoms with van der Waals surface area (Å²) in [5.74, 6) is -0.907. The number of fused-ring (bicyclic) bond motifs is 1. The molecule has 0 fully saturated rings. The van der Waals surface area contributed by atoms with E-state index in [9.17, 15) is 4.79 Å². The summed E-state index contributed by atoms with van der Waals surface area (Å²) in [7, 11) is 0. The number of hydrogen-bond acceptors (Lipinski definition) is 3. The maximum Gasteiger partial charge on any atom is 0.328 e. The first-order chi connectivity index (χ1) is 10.7. The number of benzene rings is 2. The van der Waals surface area contributed by atoms with Crippen LogP contribution in [-0.2, 0) is 4.79 Å². The fourth-order valence-corrected chi connectivity index (χ4v) is 2.04. The van der Waals surface area contributed by atoms with Gasteiger partial charge in [0, 0.05) is 6.21 Å². The van der Waals surface area contributed by atoms with Crippen molar-refractivity contribution >= 4 is 23.0 Å². The van der Waals surface area contributed by atoms with Crippen LogP contribution in [0.5, 0.6) is 0 Å². The predicted octanol–water partition coefficient (Wildman–Crippen LogP) is 3.48. The summed E-state index contributed by atoms with van der Waals surface area (Å²) in [6.45, 7) is 4.48. The highest BCUT2D eigenvalue weighted by atomic mass is 16.4. The van der Waals surface area contributed by atoms with E-state index in [1.165, 1.54) is 0 Å². The van der Waals surface area contributed by atoms with Crippen LogP contribution < -0.4 is 5.73 Å². The lowest BCUT2D eigenvalue weighted by molar-refractivity contribution is -0.138. The zero-order chi connectivity index (χ0) is 16.4. The molecule has 0 spiro atoms. The van der Waals surface area contributed by atoms with E-state index in [0.29, 0.717) is 19.4 Å². The molecule has 0 amide bonds. The summed E-state index contributed by atoms with van der Waals surface area (Å²) in [6, 6.07) is 13.3. The Kier molecular flexibility index (Phi) is 7.86. The van der Waals surface area contributed by atoms with Crippen LogP contribution in [0.15, 0.2) is 47.5 Å². The van der Waals surface area contributed by atoms with Gasteiger partial charge in [0.2, 0.25) is 0 Å². The van der Waals surface area contributed by atoms with Gasteiger partial charge in [-0.2, -0.15) is 0 Å². The summed E-state index contributed by atoms with van der Waals surface area (Å²) >= 11 is 0. The van der Waals surface area contributed by atoms with E-state index in [1.54, 1.807) is 6.21 Å². The van der Waals surface area contributed by atoms with Gasteiger partial charge in [0.05, 0.1) is 0 Å². The quantitative estimate of drug-likeness (QED) is 0.802. The van der Waals surface area contributed by atoms with E-state index in [2.05, 4.69) is 4.99 Å². The fraction of sp³-hybridized carbons (Fsp3) is 0.333. The molecular formula is C18H24N2O2. The maximum atomic E-state index is 11.1. The predicted molar refractivity (Wildman–Crippen MR) is 92.6 cm³/mol. The second-order valence-electron chi connectivity index (χ2n) is 4.67. The molecule has 1 unspecified atom stereocenters. The minimum absolute atomic E-state index is 0.468. The molecule has 2 aromatic carbocycles. The van der Waals surface area contributed by atoms with Crippen molar-refractivity contribution in [2.75, 3.05) is 6.54 Å². The highest BCUT2D eigenvalue weighted by molar-refractivity contribution is 5.91. The van der Waals surface area contributed by atoms with E-state index >= 15 is 0 Å². The SMILES string of the molecule is CC.NCCCC(N=Cc1ccc2ccccc2c1)C(=O)O. The maximum absolute atomic E-state index is 11.1. The lowest BCUT2D eigenvalue weighted by Gasteiger charge is -2.06. The van der Waals surface area contributed by atoms with Crippen molar-refractivity contribution in [3.8, 4) is 0 Å². The monoisotopic (exact) mass is 300 g/mol. The normalized spacial score (nSPS) is 12.0. The summed E-state index contributed by atoms with van der Waals surface area (Å²) in [5, 5.41) is 11.4. The van der Waals surface area contributed by atoms with Gasteiger partial charge in [-0.3, -0.25) is 4.99 Å². The number of rotatable bonds is 6. The topological polar surface area (TPSA) is 75.7 Å². The van der Waals surface area contributed by atoms with Crippen LogP contribution in [0.25, 0.3) is 10.8 Å². The highest BCUT2D eigenvalue weighted by Crippen LogP contribution is 2.14. The number of aliphatic imine (C=N–C) groups is 1. The van der Waals surface area contributed by atoms with Gasteiger partial charge in [0.15, 0.2) is 0 Å². The van der Waals surface area contributed by atoms with Gasteiger partial charge in [0.1, 0.15) is 6.04 Å². The molecule has 22 heavy (non-hydrogen) atoms. The smallest absolute Gasteiger partial charge is 0.328 e. The van der Waals surface area contributed by atoms with Crippen molar-refractivity contribution in [3.63, 3.8) is 0 Å². The summed E-state index contributed by atoms with van der Waals surface area (Å²) in [4.78, 5) is 15.2. The van der Waals surface area contributed by atoms with Crippen molar-refractivity contribution in [1.29, 1.82) is 0 Å². The molecule has 2 aromatic rings. The third-order valence-corrected chi connectivity index (χ3v) is 3.14. The molecule has 0 aromatic heterocycles. The average Bonchev–Trinajstić information content (AvgIpc) is 2.56. The highest BCUT2D eigenvalue weighted by Gasteiger charge is 2.13. The molecule has 0 aliphatic heterocycles. The van der Waals surface area contributed by atoms with Gasteiger partial charge in [-0.1, -0.05) is 50.2 Å². The number of carboxylic acid groups (broad SMARTS) is 1. The Morgan fingerprint density at radius 1 is 1.23 bits per heavy atom. The van der Waals surface area contributed by atoms with Crippen molar-refractivity contribution in [1.82, 2.24) is 0 Å². The molecule has 0 heterocycles. The van der Waals surface area contributed by atoms with Gasteiger partial charge in [-0.05, 0) is 41.8 Å². The van der Waals surface area contributed by atoms with E-state index in [-0.39, 0.29) is 0 Å². The van der Waals surface area contributed by atoms with Crippen molar-refractivity contribution in [2.24, 2.45) is 10.7 Å². The molecular weight excluding hydrogens is 276 g/mol. The molecule has 1 atom stereocenters. The molecule has 0 radical (unpaired) electrons. The van der Waals surface area contributed by atoms with Gasteiger partial charge >= 0.3 is 5.97 Å². The largest absolute Gasteiger partial charge is 0.480 e. The fourth-order valence-electron chi connectivity index (χ4n) is 2.04. The van der Waals surface area contributed by atoms with E-state index in [0.717, 1.165) is 16.3 Å². The first-order valence-electron chi connectivity index (χ1n) is 7.65. The number of hydrogen-bond donors (Lipinski definition) is 2. The first-order valence-corrected chi connectivity index (χ1v) is 7.65. The molecule has 0 bridgehead atoms. The van der Waals surface area contributed by atoms with Crippen LogP contribution in [0, 0.1) is 0 Å².